The SMILES string of the molecule is CC1CN(S(=O)(=O)NCc2ccco2)CC(C)O1. The number of hydrogen-bond acceptors (Lipinski definition) is 4. The summed E-state index contributed by atoms with van der Waals surface area (Å²) in [5, 5.41) is 0. The van der Waals surface area contributed by atoms with Gasteiger partial charge < -0.3 is 9.15 Å². The van der Waals surface area contributed by atoms with Crippen LogP contribution in [0, 0.1) is 0 Å². The first-order valence-corrected chi connectivity index (χ1v) is 7.34. The average Bonchev–Trinajstić information content (AvgIpc) is 2.78. The van der Waals surface area contributed by atoms with Gasteiger partial charge in [0, 0.05) is 13.1 Å². The molecule has 0 aliphatic carbocycles. The summed E-state index contributed by atoms with van der Waals surface area (Å²) in [7, 11) is -3.48. The lowest BCUT2D eigenvalue weighted by Crippen LogP contribution is -2.51. The minimum atomic E-state index is -3.48. The lowest BCUT2D eigenvalue weighted by molar-refractivity contribution is -0.0444. The molecule has 2 heterocycles. The maximum Gasteiger partial charge on any atom is 0.280 e. The molecule has 0 saturated carbocycles. The summed E-state index contributed by atoms with van der Waals surface area (Å²) in [4.78, 5) is 0. The minimum Gasteiger partial charge on any atom is -0.468 e. The summed E-state index contributed by atoms with van der Waals surface area (Å²) in [5.41, 5.74) is 0. The summed E-state index contributed by atoms with van der Waals surface area (Å²) < 4.78 is 38.7. The highest BCUT2D eigenvalue weighted by Crippen LogP contribution is 2.13. The fourth-order valence-corrected chi connectivity index (χ4v) is 3.31. The van der Waals surface area contributed by atoms with Gasteiger partial charge in [0.15, 0.2) is 0 Å². The lowest BCUT2D eigenvalue weighted by Gasteiger charge is -2.34. The molecular weight excluding hydrogens is 256 g/mol. The van der Waals surface area contributed by atoms with Gasteiger partial charge in [0.25, 0.3) is 10.2 Å². The summed E-state index contributed by atoms with van der Waals surface area (Å²) >= 11 is 0. The van der Waals surface area contributed by atoms with Crippen LogP contribution in [0.4, 0.5) is 0 Å². The van der Waals surface area contributed by atoms with Gasteiger partial charge in [0.2, 0.25) is 0 Å². The van der Waals surface area contributed by atoms with Crippen molar-refractivity contribution in [2.24, 2.45) is 0 Å². The molecule has 0 bridgehead atoms. The average molecular weight is 274 g/mol. The van der Waals surface area contributed by atoms with Crippen LogP contribution >= 0.6 is 0 Å². The van der Waals surface area contributed by atoms with Crippen molar-refractivity contribution in [2.45, 2.75) is 32.6 Å². The zero-order valence-corrected chi connectivity index (χ0v) is 11.3. The second-order valence-electron chi connectivity index (χ2n) is 4.48. The molecular formula is C11H18N2O4S. The van der Waals surface area contributed by atoms with Crippen molar-refractivity contribution in [3.8, 4) is 0 Å². The summed E-state index contributed by atoms with van der Waals surface area (Å²) in [6.45, 7) is 4.64. The smallest absolute Gasteiger partial charge is 0.280 e. The minimum absolute atomic E-state index is 0.0889. The Morgan fingerprint density at radius 2 is 2.06 bits per heavy atom. The monoisotopic (exact) mass is 274 g/mol. The predicted octanol–water partition coefficient (Wildman–Crippen LogP) is 0.723. The predicted molar refractivity (Wildman–Crippen MR) is 66.0 cm³/mol. The van der Waals surface area contributed by atoms with Gasteiger partial charge >= 0.3 is 0 Å². The van der Waals surface area contributed by atoms with E-state index < -0.39 is 10.2 Å². The van der Waals surface area contributed by atoms with Gasteiger partial charge in [0.05, 0.1) is 25.0 Å². The highest BCUT2D eigenvalue weighted by Gasteiger charge is 2.30. The van der Waals surface area contributed by atoms with Gasteiger partial charge in [-0.1, -0.05) is 0 Å². The molecule has 1 aliphatic rings. The van der Waals surface area contributed by atoms with Crippen molar-refractivity contribution in [3.05, 3.63) is 24.2 Å². The number of nitrogens with zero attached hydrogens (tertiary/aromatic N) is 1. The van der Waals surface area contributed by atoms with Crippen LogP contribution < -0.4 is 4.72 Å². The van der Waals surface area contributed by atoms with E-state index in [4.69, 9.17) is 9.15 Å². The topological polar surface area (TPSA) is 71.8 Å². The van der Waals surface area contributed by atoms with Crippen molar-refractivity contribution in [1.82, 2.24) is 9.03 Å². The Kier molecular flexibility index (Phi) is 4.06. The zero-order chi connectivity index (χ0) is 13.2. The number of furan rings is 1. The van der Waals surface area contributed by atoms with Crippen LogP contribution in [-0.4, -0.2) is 38.0 Å². The molecule has 0 spiro atoms. The van der Waals surface area contributed by atoms with E-state index in [2.05, 4.69) is 4.72 Å². The molecule has 2 unspecified atom stereocenters. The molecule has 1 aromatic heterocycles. The molecule has 2 atom stereocenters. The molecule has 0 radical (unpaired) electrons. The van der Waals surface area contributed by atoms with E-state index in [1.54, 1.807) is 12.1 Å². The van der Waals surface area contributed by atoms with E-state index in [1.165, 1.54) is 10.6 Å². The number of morpholine rings is 1. The Bertz CT molecular complexity index is 461. The molecule has 6 nitrogen and oxygen atoms in total. The molecule has 1 saturated heterocycles. The first kappa shape index (κ1) is 13.5. The molecule has 1 fully saturated rings. The van der Waals surface area contributed by atoms with E-state index in [-0.39, 0.29) is 18.8 Å². The normalized spacial score (nSPS) is 26.3. The Labute approximate surface area is 107 Å². The molecule has 1 aliphatic heterocycles. The number of ether oxygens (including phenoxy) is 1. The molecule has 0 amide bonds. The third-order valence-electron chi connectivity index (χ3n) is 2.73. The van der Waals surface area contributed by atoms with Crippen molar-refractivity contribution in [2.75, 3.05) is 13.1 Å². The highest BCUT2D eigenvalue weighted by atomic mass is 32.2. The molecule has 102 valence electrons. The maximum atomic E-state index is 12.1. The maximum absolute atomic E-state index is 12.1. The molecule has 2 rings (SSSR count). The fraction of sp³-hybridized carbons (Fsp3) is 0.636. The van der Waals surface area contributed by atoms with Gasteiger partial charge in [-0.3, -0.25) is 0 Å². The highest BCUT2D eigenvalue weighted by molar-refractivity contribution is 7.87. The fourth-order valence-electron chi connectivity index (χ4n) is 1.99. The molecule has 1 N–H and O–H groups in total. The Morgan fingerprint density at radius 3 is 2.61 bits per heavy atom. The van der Waals surface area contributed by atoms with Gasteiger partial charge in [0.1, 0.15) is 5.76 Å². The van der Waals surface area contributed by atoms with Crippen LogP contribution in [0.25, 0.3) is 0 Å². The van der Waals surface area contributed by atoms with Crippen molar-refractivity contribution < 1.29 is 17.6 Å². The summed E-state index contributed by atoms with van der Waals surface area (Å²) in [6.07, 6.45) is 1.34. The van der Waals surface area contributed by atoms with Crippen molar-refractivity contribution in [3.63, 3.8) is 0 Å². The van der Waals surface area contributed by atoms with Gasteiger partial charge in [-0.15, -0.1) is 0 Å². The van der Waals surface area contributed by atoms with Gasteiger partial charge in [-0.05, 0) is 26.0 Å². The summed E-state index contributed by atoms with van der Waals surface area (Å²) in [6, 6.07) is 3.45. The van der Waals surface area contributed by atoms with Crippen LogP contribution in [0.5, 0.6) is 0 Å². The van der Waals surface area contributed by atoms with E-state index in [9.17, 15) is 8.42 Å². The van der Waals surface area contributed by atoms with Crippen LogP contribution in [0.1, 0.15) is 19.6 Å². The third kappa shape index (κ3) is 3.32. The van der Waals surface area contributed by atoms with E-state index >= 15 is 0 Å². The van der Waals surface area contributed by atoms with Gasteiger partial charge in [-0.25, -0.2) is 0 Å². The van der Waals surface area contributed by atoms with E-state index in [1.807, 2.05) is 13.8 Å². The second kappa shape index (κ2) is 5.40. The molecule has 1 aromatic rings. The van der Waals surface area contributed by atoms with Crippen LogP contribution in [-0.2, 0) is 21.5 Å². The van der Waals surface area contributed by atoms with Crippen molar-refractivity contribution in [1.29, 1.82) is 0 Å². The first-order chi connectivity index (χ1) is 8.47. The Balaban J connectivity index is 1.97. The largest absolute Gasteiger partial charge is 0.468 e. The van der Waals surface area contributed by atoms with Crippen LogP contribution in [0.15, 0.2) is 22.8 Å². The Morgan fingerprint density at radius 1 is 1.39 bits per heavy atom. The second-order valence-corrected chi connectivity index (χ2v) is 6.24. The number of hydrogen-bond donors (Lipinski definition) is 1. The summed E-state index contributed by atoms with van der Waals surface area (Å²) in [5.74, 6) is 0.591. The van der Waals surface area contributed by atoms with Crippen LogP contribution in [0.2, 0.25) is 0 Å². The first-order valence-electron chi connectivity index (χ1n) is 5.90. The zero-order valence-electron chi connectivity index (χ0n) is 10.5. The lowest BCUT2D eigenvalue weighted by atomic mass is 10.3. The molecule has 0 aromatic carbocycles. The Hall–Kier alpha value is -0.890. The third-order valence-corrected chi connectivity index (χ3v) is 4.22. The number of nitrogens with one attached hydrogen (secondary N) is 1. The van der Waals surface area contributed by atoms with Crippen molar-refractivity contribution >= 4 is 10.2 Å². The van der Waals surface area contributed by atoms with E-state index in [0.29, 0.717) is 18.8 Å². The quantitative estimate of drug-likeness (QED) is 0.878. The molecule has 7 heteroatoms. The molecule has 18 heavy (non-hydrogen) atoms. The number of rotatable bonds is 4. The van der Waals surface area contributed by atoms with E-state index in [0.717, 1.165) is 0 Å². The standard InChI is InChI=1S/C11H18N2O4S/c1-9-7-13(8-10(2)17-9)18(14,15)12-6-11-4-3-5-16-11/h3-5,9-10,12H,6-8H2,1-2H3. The van der Waals surface area contributed by atoms with Crippen LogP contribution in [0.3, 0.4) is 0 Å². The van der Waals surface area contributed by atoms with Gasteiger partial charge in [-0.2, -0.15) is 17.4 Å².